The fourth-order valence-corrected chi connectivity index (χ4v) is 1.34. The molecule has 0 aliphatic heterocycles. The molecule has 0 spiro atoms. The lowest BCUT2D eigenvalue weighted by Gasteiger charge is -2.05. The largest absolute Gasteiger partial charge is 0.381 e. The first-order chi connectivity index (χ1) is 7.15. The standard InChI is InChI=1S/C12H15FO2/c1-3-15-7-6-12(14)11-8-10(13)5-4-9(11)2/h4-5,8H,3,6-7H2,1-2H3. The number of hydrogen-bond donors (Lipinski definition) is 0. The second-order valence-corrected chi connectivity index (χ2v) is 3.33. The van der Waals surface area contributed by atoms with Crippen molar-refractivity contribution in [3.8, 4) is 0 Å². The molecule has 0 heterocycles. The predicted molar refractivity (Wildman–Crippen MR) is 56.6 cm³/mol. The van der Waals surface area contributed by atoms with E-state index in [4.69, 9.17) is 4.74 Å². The highest BCUT2D eigenvalue weighted by Crippen LogP contribution is 2.12. The lowest BCUT2D eigenvalue weighted by molar-refractivity contribution is 0.0895. The Morgan fingerprint density at radius 3 is 2.87 bits per heavy atom. The van der Waals surface area contributed by atoms with Gasteiger partial charge in [0.05, 0.1) is 6.61 Å². The van der Waals surface area contributed by atoms with Crippen LogP contribution in [0.15, 0.2) is 18.2 Å². The molecule has 0 radical (unpaired) electrons. The van der Waals surface area contributed by atoms with E-state index >= 15 is 0 Å². The molecule has 0 N–H and O–H groups in total. The highest BCUT2D eigenvalue weighted by Gasteiger charge is 2.09. The van der Waals surface area contributed by atoms with Crippen LogP contribution < -0.4 is 0 Å². The Balaban J connectivity index is 2.68. The zero-order valence-corrected chi connectivity index (χ0v) is 9.05. The van der Waals surface area contributed by atoms with Gasteiger partial charge in [-0.3, -0.25) is 4.79 Å². The number of Topliss-reactive ketones (excluding diaryl/α,β-unsaturated/α-hetero) is 1. The molecular formula is C12H15FO2. The van der Waals surface area contributed by atoms with Crippen LogP contribution in [-0.2, 0) is 4.74 Å². The van der Waals surface area contributed by atoms with Crippen LogP contribution in [0.25, 0.3) is 0 Å². The fraction of sp³-hybridized carbons (Fsp3) is 0.417. The van der Waals surface area contributed by atoms with E-state index < -0.39 is 0 Å². The minimum absolute atomic E-state index is 0.0690. The maximum atomic E-state index is 12.9. The van der Waals surface area contributed by atoms with Gasteiger partial charge in [-0.1, -0.05) is 6.07 Å². The second-order valence-electron chi connectivity index (χ2n) is 3.33. The molecule has 0 bridgehead atoms. The third-order valence-corrected chi connectivity index (χ3v) is 2.18. The molecule has 82 valence electrons. The topological polar surface area (TPSA) is 26.3 Å². The van der Waals surface area contributed by atoms with E-state index in [9.17, 15) is 9.18 Å². The van der Waals surface area contributed by atoms with Crippen LogP contribution in [0.2, 0.25) is 0 Å². The summed E-state index contributed by atoms with van der Waals surface area (Å²) >= 11 is 0. The molecular weight excluding hydrogens is 195 g/mol. The summed E-state index contributed by atoms with van der Waals surface area (Å²) in [5.41, 5.74) is 1.26. The maximum absolute atomic E-state index is 12.9. The minimum atomic E-state index is -0.375. The molecule has 0 aliphatic carbocycles. The summed E-state index contributed by atoms with van der Waals surface area (Å²) in [6, 6.07) is 4.25. The molecule has 0 saturated carbocycles. The molecule has 0 atom stereocenters. The van der Waals surface area contributed by atoms with Gasteiger partial charge in [-0.25, -0.2) is 4.39 Å². The lowest BCUT2D eigenvalue weighted by Crippen LogP contribution is -2.06. The normalized spacial score (nSPS) is 10.3. The monoisotopic (exact) mass is 210 g/mol. The van der Waals surface area contributed by atoms with Crippen molar-refractivity contribution in [2.24, 2.45) is 0 Å². The van der Waals surface area contributed by atoms with E-state index in [0.717, 1.165) is 5.56 Å². The molecule has 0 unspecified atom stereocenters. The summed E-state index contributed by atoms with van der Waals surface area (Å²) in [4.78, 5) is 11.6. The van der Waals surface area contributed by atoms with Crippen molar-refractivity contribution in [2.45, 2.75) is 20.3 Å². The van der Waals surface area contributed by atoms with Crippen molar-refractivity contribution >= 4 is 5.78 Å². The lowest BCUT2D eigenvalue weighted by atomic mass is 10.0. The average molecular weight is 210 g/mol. The van der Waals surface area contributed by atoms with Crippen molar-refractivity contribution in [1.29, 1.82) is 0 Å². The zero-order chi connectivity index (χ0) is 11.3. The SMILES string of the molecule is CCOCCC(=O)c1cc(F)ccc1C. The molecule has 0 fully saturated rings. The Morgan fingerprint density at radius 1 is 1.47 bits per heavy atom. The van der Waals surface area contributed by atoms with Crippen molar-refractivity contribution in [1.82, 2.24) is 0 Å². The van der Waals surface area contributed by atoms with Crippen LogP contribution >= 0.6 is 0 Å². The Hall–Kier alpha value is -1.22. The summed E-state index contributed by atoms with van der Waals surface area (Å²) in [5, 5.41) is 0. The van der Waals surface area contributed by atoms with Crippen molar-refractivity contribution in [3.05, 3.63) is 35.1 Å². The Bertz CT molecular complexity index is 347. The molecule has 1 rings (SSSR count). The van der Waals surface area contributed by atoms with Crippen molar-refractivity contribution in [3.63, 3.8) is 0 Å². The van der Waals surface area contributed by atoms with Gasteiger partial charge in [0.25, 0.3) is 0 Å². The quantitative estimate of drug-likeness (QED) is 0.551. The Labute approximate surface area is 89.1 Å². The number of ketones is 1. The van der Waals surface area contributed by atoms with Gasteiger partial charge in [0.15, 0.2) is 5.78 Å². The summed E-state index contributed by atoms with van der Waals surface area (Å²) < 4.78 is 18.0. The number of rotatable bonds is 5. The van der Waals surface area contributed by atoms with E-state index in [1.165, 1.54) is 12.1 Å². The molecule has 2 nitrogen and oxygen atoms in total. The Morgan fingerprint density at radius 2 is 2.20 bits per heavy atom. The van der Waals surface area contributed by atoms with Gasteiger partial charge in [-0.2, -0.15) is 0 Å². The summed E-state index contributed by atoms with van der Waals surface area (Å²) in [5.74, 6) is -0.444. The smallest absolute Gasteiger partial charge is 0.165 e. The van der Waals surface area contributed by atoms with E-state index in [1.807, 2.05) is 6.92 Å². The van der Waals surface area contributed by atoms with Crippen LogP contribution in [0.4, 0.5) is 4.39 Å². The summed E-state index contributed by atoms with van der Waals surface area (Å²) in [6.07, 6.45) is 0.304. The number of halogens is 1. The van der Waals surface area contributed by atoms with E-state index in [0.29, 0.717) is 25.2 Å². The van der Waals surface area contributed by atoms with Crippen molar-refractivity contribution < 1.29 is 13.9 Å². The van der Waals surface area contributed by atoms with E-state index in [-0.39, 0.29) is 11.6 Å². The van der Waals surface area contributed by atoms with Gasteiger partial charge < -0.3 is 4.74 Å². The number of ether oxygens (including phenoxy) is 1. The number of benzene rings is 1. The first kappa shape index (κ1) is 11.9. The maximum Gasteiger partial charge on any atom is 0.165 e. The Kier molecular flexibility index (Phi) is 4.43. The first-order valence-corrected chi connectivity index (χ1v) is 5.02. The predicted octanol–water partition coefficient (Wildman–Crippen LogP) is 2.74. The summed E-state index contributed by atoms with van der Waals surface area (Å²) in [6.45, 7) is 4.66. The van der Waals surface area contributed by atoms with Gasteiger partial charge in [0.2, 0.25) is 0 Å². The molecule has 15 heavy (non-hydrogen) atoms. The van der Waals surface area contributed by atoms with Crippen LogP contribution in [0.1, 0.15) is 29.3 Å². The number of hydrogen-bond acceptors (Lipinski definition) is 2. The van der Waals surface area contributed by atoms with Crippen LogP contribution in [0.5, 0.6) is 0 Å². The van der Waals surface area contributed by atoms with E-state index in [2.05, 4.69) is 0 Å². The zero-order valence-electron chi connectivity index (χ0n) is 9.05. The van der Waals surface area contributed by atoms with Crippen molar-refractivity contribution in [2.75, 3.05) is 13.2 Å². The molecule has 0 aromatic heterocycles. The van der Waals surface area contributed by atoms with Gasteiger partial charge >= 0.3 is 0 Å². The first-order valence-electron chi connectivity index (χ1n) is 5.02. The highest BCUT2D eigenvalue weighted by molar-refractivity contribution is 5.97. The van der Waals surface area contributed by atoms with Gasteiger partial charge in [0.1, 0.15) is 5.82 Å². The molecule has 3 heteroatoms. The van der Waals surface area contributed by atoms with Gasteiger partial charge in [-0.15, -0.1) is 0 Å². The average Bonchev–Trinajstić information content (AvgIpc) is 2.22. The van der Waals surface area contributed by atoms with E-state index in [1.54, 1.807) is 13.0 Å². The van der Waals surface area contributed by atoms with Gasteiger partial charge in [-0.05, 0) is 31.5 Å². The fourth-order valence-electron chi connectivity index (χ4n) is 1.34. The van der Waals surface area contributed by atoms with Crippen LogP contribution in [0.3, 0.4) is 0 Å². The van der Waals surface area contributed by atoms with Crippen LogP contribution in [0, 0.1) is 12.7 Å². The second kappa shape index (κ2) is 5.61. The molecule has 0 amide bonds. The third kappa shape index (κ3) is 3.44. The minimum Gasteiger partial charge on any atom is -0.381 e. The number of aryl methyl sites for hydroxylation is 1. The molecule has 0 saturated heterocycles. The molecule has 0 aliphatic rings. The highest BCUT2D eigenvalue weighted by atomic mass is 19.1. The number of carbonyl (C=O) groups excluding carboxylic acids is 1. The van der Waals surface area contributed by atoms with Crippen LogP contribution in [-0.4, -0.2) is 19.0 Å². The molecule has 1 aromatic rings. The summed E-state index contributed by atoms with van der Waals surface area (Å²) in [7, 11) is 0. The molecule has 1 aromatic carbocycles. The number of carbonyl (C=O) groups is 1. The third-order valence-electron chi connectivity index (χ3n) is 2.18. The van der Waals surface area contributed by atoms with Gasteiger partial charge in [0, 0.05) is 18.6 Å².